The van der Waals surface area contributed by atoms with Crippen LogP contribution in [-0.2, 0) is 0 Å². The lowest BCUT2D eigenvalue weighted by Gasteiger charge is -2.42. The highest BCUT2D eigenvalue weighted by molar-refractivity contribution is 8.34. The molecule has 0 atom stereocenters. The maximum atomic E-state index is 5.40. The average molecular weight is 749 g/mol. The fourth-order valence-corrected chi connectivity index (χ4v) is 11.8. The minimum atomic E-state index is -1.91. The van der Waals surface area contributed by atoms with Gasteiger partial charge in [0.1, 0.15) is 0 Å². The molecule has 0 amide bonds. The molecule has 4 heterocycles. The van der Waals surface area contributed by atoms with E-state index in [9.17, 15) is 0 Å². The van der Waals surface area contributed by atoms with Gasteiger partial charge in [-0.3, -0.25) is 9.97 Å². The lowest BCUT2D eigenvalue weighted by molar-refractivity contribution is 1.24. The summed E-state index contributed by atoms with van der Waals surface area (Å²) in [6, 6.07) is 73.3. The molecule has 0 aliphatic heterocycles. The first-order valence-corrected chi connectivity index (χ1v) is 20.7. The lowest BCUT2D eigenvalue weighted by atomic mass is 9.94. The second-order valence-corrected chi connectivity index (χ2v) is 17.0. The molecule has 5 heteroatoms. The normalized spacial score (nSPS) is 11.8. The SMILES string of the molecule is c1ccc(-c2cc(-c3ccccn3)nc3c2ccc2c(-c4cccc(S(c5ccccc5)(c5ccccc5)c5ccccc5)c4)cc(-c4ccccn4)nc23)cc1. The van der Waals surface area contributed by atoms with Crippen LogP contribution < -0.4 is 0 Å². The number of hydrogen-bond donors (Lipinski definition) is 0. The van der Waals surface area contributed by atoms with Crippen molar-refractivity contribution in [3.05, 3.63) is 219 Å². The maximum Gasteiger partial charge on any atom is 0.0979 e. The Balaban J connectivity index is 1.28. The summed E-state index contributed by atoms with van der Waals surface area (Å²) < 4.78 is 0. The van der Waals surface area contributed by atoms with Gasteiger partial charge in [-0.1, -0.05) is 121 Å². The molecule has 10 rings (SSSR count). The largest absolute Gasteiger partial charge is 0.255 e. The number of fused-ring (bicyclic) bond motifs is 3. The van der Waals surface area contributed by atoms with Gasteiger partial charge in [0.25, 0.3) is 0 Å². The zero-order valence-corrected chi connectivity index (χ0v) is 31.8. The van der Waals surface area contributed by atoms with E-state index in [2.05, 4.69) is 164 Å². The third-order valence-electron chi connectivity index (χ3n) is 10.5. The van der Waals surface area contributed by atoms with Crippen molar-refractivity contribution >= 4 is 31.8 Å². The Morgan fingerprint density at radius 1 is 0.298 bits per heavy atom. The summed E-state index contributed by atoms with van der Waals surface area (Å²) in [6.45, 7) is 0. The van der Waals surface area contributed by atoms with Crippen molar-refractivity contribution in [2.24, 2.45) is 0 Å². The van der Waals surface area contributed by atoms with Gasteiger partial charge >= 0.3 is 0 Å². The van der Waals surface area contributed by atoms with Crippen LogP contribution in [0.4, 0.5) is 0 Å². The van der Waals surface area contributed by atoms with Crippen molar-refractivity contribution < 1.29 is 0 Å². The van der Waals surface area contributed by atoms with E-state index in [1.165, 1.54) is 19.6 Å². The van der Waals surface area contributed by atoms with Crippen LogP contribution in [0.1, 0.15) is 0 Å². The molecule has 0 fully saturated rings. The Bertz CT molecular complexity index is 2880. The highest BCUT2D eigenvalue weighted by Gasteiger charge is 2.33. The molecule has 0 unspecified atom stereocenters. The quantitative estimate of drug-likeness (QED) is 0.145. The van der Waals surface area contributed by atoms with Gasteiger partial charge in [-0.25, -0.2) is 9.97 Å². The van der Waals surface area contributed by atoms with Crippen molar-refractivity contribution in [2.75, 3.05) is 0 Å². The molecule has 10 aromatic rings. The smallest absolute Gasteiger partial charge is 0.0979 e. The van der Waals surface area contributed by atoms with Crippen LogP contribution in [0.15, 0.2) is 238 Å². The summed E-state index contributed by atoms with van der Waals surface area (Å²) in [5.74, 6) is 0. The van der Waals surface area contributed by atoms with E-state index in [4.69, 9.17) is 19.9 Å². The lowest BCUT2D eigenvalue weighted by Crippen LogP contribution is -2.05. The van der Waals surface area contributed by atoms with E-state index in [0.29, 0.717) is 0 Å². The van der Waals surface area contributed by atoms with Gasteiger partial charge in [-0.05, 0) is 107 Å². The Kier molecular flexibility index (Phi) is 8.90. The van der Waals surface area contributed by atoms with Crippen LogP contribution in [0.5, 0.6) is 0 Å². The first-order chi connectivity index (χ1) is 28.3. The molecule has 4 nitrogen and oxygen atoms in total. The minimum absolute atomic E-state index is 0.787. The highest BCUT2D eigenvalue weighted by Crippen LogP contribution is 2.73. The molecular weight excluding hydrogens is 713 g/mol. The number of benzene rings is 6. The number of pyridine rings is 4. The summed E-state index contributed by atoms with van der Waals surface area (Å²) in [5, 5.41) is 2.04. The Hall–Kier alpha value is -7.21. The topological polar surface area (TPSA) is 51.6 Å². The summed E-state index contributed by atoms with van der Waals surface area (Å²) >= 11 is 0. The summed E-state index contributed by atoms with van der Waals surface area (Å²) in [7, 11) is -1.91. The van der Waals surface area contributed by atoms with Gasteiger partial charge in [0, 0.05) is 42.7 Å². The van der Waals surface area contributed by atoms with Crippen LogP contribution in [0, 0.1) is 0 Å². The highest BCUT2D eigenvalue weighted by atomic mass is 32.3. The molecule has 6 aromatic carbocycles. The molecule has 0 spiro atoms. The van der Waals surface area contributed by atoms with Gasteiger partial charge in [0.05, 0.1) is 33.8 Å². The number of hydrogen-bond acceptors (Lipinski definition) is 4. The zero-order chi connectivity index (χ0) is 38.0. The van der Waals surface area contributed by atoms with Gasteiger partial charge in [-0.2, -0.15) is 0 Å². The Morgan fingerprint density at radius 3 is 1.16 bits per heavy atom. The average Bonchev–Trinajstić information content (AvgIpc) is 3.30. The van der Waals surface area contributed by atoms with Crippen molar-refractivity contribution in [2.45, 2.75) is 19.6 Å². The zero-order valence-electron chi connectivity index (χ0n) is 31.0. The second-order valence-electron chi connectivity index (χ2n) is 13.8. The molecule has 57 heavy (non-hydrogen) atoms. The monoisotopic (exact) mass is 748 g/mol. The number of rotatable bonds is 8. The van der Waals surface area contributed by atoms with Crippen molar-refractivity contribution in [3.63, 3.8) is 0 Å². The van der Waals surface area contributed by atoms with Crippen molar-refractivity contribution in [1.82, 2.24) is 19.9 Å². The van der Waals surface area contributed by atoms with Crippen molar-refractivity contribution in [1.29, 1.82) is 0 Å². The molecule has 4 aromatic heterocycles. The Labute approximate surface area is 333 Å². The summed E-state index contributed by atoms with van der Waals surface area (Å²) in [5.41, 5.74) is 9.19. The molecule has 0 N–H and O–H groups in total. The third kappa shape index (κ3) is 6.15. The maximum absolute atomic E-state index is 5.40. The van der Waals surface area contributed by atoms with Crippen molar-refractivity contribution in [3.8, 4) is 45.0 Å². The minimum Gasteiger partial charge on any atom is -0.255 e. The van der Waals surface area contributed by atoms with Gasteiger partial charge in [0.2, 0.25) is 0 Å². The summed E-state index contributed by atoms with van der Waals surface area (Å²) in [4.78, 5) is 25.3. The fraction of sp³-hybridized carbons (Fsp3) is 0. The standard InChI is InChI=1S/C52H36N4S/c1-5-18-37(19-6-1)45-35-49(47-28-13-15-32-53-47)55-51-43(45)30-31-44-46(36-50(56-52(44)51)48-29-14-16-33-54-48)38-20-17-27-42(34-38)57(39-21-7-2-8-22-39,40-23-9-3-10-24-40)41-25-11-4-12-26-41/h1-36H. The van der Waals surface area contributed by atoms with E-state index in [1.807, 2.05) is 54.9 Å². The predicted molar refractivity (Wildman–Crippen MR) is 234 cm³/mol. The van der Waals surface area contributed by atoms with E-state index >= 15 is 0 Å². The van der Waals surface area contributed by atoms with Gasteiger partial charge < -0.3 is 0 Å². The Morgan fingerprint density at radius 2 is 0.702 bits per heavy atom. The molecular formula is C52H36N4S. The van der Waals surface area contributed by atoms with E-state index in [0.717, 1.165) is 66.8 Å². The molecule has 270 valence electrons. The van der Waals surface area contributed by atoms with E-state index in [1.54, 1.807) is 0 Å². The first-order valence-electron chi connectivity index (χ1n) is 19.0. The third-order valence-corrected chi connectivity index (χ3v) is 14.4. The van der Waals surface area contributed by atoms with Crippen LogP contribution >= 0.6 is 10.0 Å². The van der Waals surface area contributed by atoms with Gasteiger partial charge in [0.15, 0.2) is 0 Å². The number of nitrogens with zero attached hydrogens (tertiary/aromatic N) is 4. The molecule has 0 saturated heterocycles. The molecule has 0 aliphatic carbocycles. The fourth-order valence-electron chi connectivity index (χ4n) is 7.91. The van der Waals surface area contributed by atoms with E-state index in [-0.39, 0.29) is 0 Å². The predicted octanol–water partition coefficient (Wildman–Crippen LogP) is 13.6. The molecule has 0 aliphatic rings. The first kappa shape index (κ1) is 34.3. The van der Waals surface area contributed by atoms with Crippen LogP contribution in [-0.4, -0.2) is 19.9 Å². The van der Waals surface area contributed by atoms with E-state index < -0.39 is 10.0 Å². The summed E-state index contributed by atoms with van der Waals surface area (Å²) in [6.07, 6.45) is 3.64. The number of aromatic nitrogens is 4. The molecule has 0 saturated carbocycles. The molecule has 0 bridgehead atoms. The van der Waals surface area contributed by atoms with Crippen LogP contribution in [0.3, 0.4) is 0 Å². The molecule has 0 radical (unpaired) electrons. The van der Waals surface area contributed by atoms with Gasteiger partial charge in [-0.15, -0.1) is 10.0 Å². The van der Waals surface area contributed by atoms with Crippen LogP contribution in [0.25, 0.3) is 66.8 Å². The van der Waals surface area contributed by atoms with Crippen LogP contribution in [0.2, 0.25) is 0 Å². The second kappa shape index (κ2) is 14.8.